The predicted octanol–water partition coefficient (Wildman–Crippen LogP) is 5.56. The minimum atomic E-state index is -1.11. The van der Waals surface area contributed by atoms with Crippen molar-refractivity contribution in [2.24, 2.45) is 0 Å². The lowest BCUT2D eigenvalue weighted by Gasteiger charge is -2.20. The summed E-state index contributed by atoms with van der Waals surface area (Å²) in [7, 11) is 0. The van der Waals surface area contributed by atoms with Crippen LogP contribution >= 0.6 is 0 Å². The van der Waals surface area contributed by atoms with Crippen molar-refractivity contribution in [3.8, 4) is 11.6 Å². The number of unbranched alkanes of at least 4 members (excludes halogenated alkanes) is 1. The molecule has 0 spiro atoms. The average Bonchev–Trinajstić information content (AvgIpc) is 3.23. The van der Waals surface area contributed by atoms with Gasteiger partial charge in [-0.2, -0.15) is 0 Å². The van der Waals surface area contributed by atoms with E-state index in [1.54, 1.807) is 22.6 Å². The molecular weight excluding hydrogens is 468 g/mol. The lowest BCUT2D eigenvalue weighted by Crippen LogP contribution is -2.27. The third-order valence-electron chi connectivity index (χ3n) is 6.75. The number of aromatic nitrogens is 1. The number of carbonyl (C=O) groups is 3. The molecule has 37 heavy (non-hydrogen) atoms. The second kappa shape index (κ2) is 11.7. The molecule has 2 aromatic heterocycles. The molecule has 0 fully saturated rings. The molecule has 4 rings (SSSR count). The molecule has 1 aliphatic heterocycles. The highest BCUT2D eigenvalue weighted by Gasteiger charge is 2.34. The highest BCUT2D eigenvalue weighted by Crippen LogP contribution is 2.41. The highest BCUT2D eigenvalue weighted by molar-refractivity contribution is 6.31. The zero-order valence-corrected chi connectivity index (χ0v) is 22.2. The number of nitrogens with zero attached hydrogens (tertiary/aromatic N) is 2. The molecule has 7 heteroatoms. The zero-order valence-electron chi connectivity index (χ0n) is 22.2. The van der Waals surface area contributed by atoms with Gasteiger partial charge in [0.1, 0.15) is 5.69 Å². The van der Waals surface area contributed by atoms with Gasteiger partial charge in [0.25, 0.3) is 0 Å². The van der Waals surface area contributed by atoms with E-state index in [0.717, 1.165) is 38.9 Å². The van der Waals surface area contributed by atoms with Gasteiger partial charge in [0, 0.05) is 11.1 Å². The Hall–Kier alpha value is -3.45. The third kappa shape index (κ3) is 5.62. The van der Waals surface area contributed by atoms with E-state index in [4.69, 9.17) is 9.47 Å². The fraction of sp³-hybridized carbons (Fsp3) is 0.433. The van der Waals surface area contributed by atoms with Crippen LogP contribution in [0.1, 0.15) is 86.5 Å². The maximum atomic E-state index is 13.8. The van der Waals surface area contributed by atoms with Crippen molar-refractivity contribution in [1.29, 1.82) is 0 Å². The lowest BCUT2D eigenvalue weighted by atomic mass is 9.96. The van der Waals surface area contributed by atoms with Crippen LogP contribution in [0.15, 0.2) is 42.5 Å². The smallest absolute Gasteiger partial charge is 0.415 e. The number of pyridine rings is 1. The third-order valence-corrected chi connectivity index (χ3v) is 6.75. The molecule has 7 nitrogen and oxygen atoms in total. The number of hydrogen-bond acceptors (Lipinski definition) is 6. The number of ether oxygens (including phenoxy) is 2. The second-order valence-electron chi connectivity index (χ2n) is 9.93. The number of esters is 2. The van der Waals surface area contributed by atoms with Gasteiger partial charge in [-0.25, -0.2) is 9.59 Å². The molecule has 196 valence electrons. The molecular formula is C30H36N2O5. The van der Waals surface area contributed by atoms with Gasteiger partial charge in [-0.1, -0.05) is 58.0 Å². The van der Waals surface area contributed by atoms with Crippen molar-refractivity contribution in [3.05, 3.63) is 64.8 Å². The second-order valence-corrected chi connectivity index (χ2v) is 9.93. The predicted molar refractivity (Wildman–Crippen MR) is 143 cm³/mol. The van der Waals surface area contributed by atoms with E-state index in [-0.39, 0.29) is 23.3 Å². The summed E-state index contributed by atoms with van der Waals surface area (Å²) >= 11 is 0. The van der Waals surface area contributed by atoms with Gasteiger partial charge in [-0.05, 0) is 75.4 Å². The van der Waals surface area contributed by atoms with Crippen molar-refractivity contribution in [3.63, 3.8) is 0 Å². The van der Waals surface area contributed by atoms with Crippen LogP contribution in [-0.4, -0.2) is 46.7 Å². The minimum absolute atomic E-state index is 0.118. The Kier molecular flexibility index (Phi) is 8.44. The topological polar surface area (TPSA) is 77.3 Å². The molecule has 0 N–H and O–H groups in total. The van der Waals surface area contributed by atoms with Gasteiger partial charge in [-0.15, -0.1) is 0 Å². The Morgan fingerprint density at radius 2 is 1.57 bits per heavy atom. The first-order chi connectivity index (χ1) is 17.8. The maximum Gasteiger partial charge on any atom is 0.424 e. The molecule has 0 atom stereocenters. The summed E-state index contributed by atoms with van der Waals surface area (Å²) in [4.78, 5) is 40.7. The Balaban J connectivity index is 1.57. The van der Waals surface area contributed by atoms with E-state index in [1.165, 1.54) is 18.4 Å². The quantitative estimate of drug-likeness (QED) is 0.139. The number of benzene rings is 1. The van der Waals surface area contributed by atoms with Crippen molar-refractivity contribution in [2.75, 3.05) is 19.6 Å². The Bertz CT molecular complexity index is 1280. The van der Waals surface area contributed by atoms with Crippen LogP contribution in [0.5, 0.6) is 11.6 Å². The Morgan fingerprint density at radius 3 is 2.22 bits per heavy atom. The summed E-state index contributed by atoms with van der Waals surface area (Å²) in [5, 5.41) is 0. The van der Waals surface area contributed by atoms with Crippen molar-refractivity contribution < 1.29 is 23.9 Å². The number of aryl methyl sites for hydroxylation is 1. The summed E-state index contributed by atoms with van der Waals surface area (Å²) < 4.78 is 12.3. The van der Waals surface area contributed by atoms with Crippen LogP contribution in [0.3, 0.4) is 0 Å². The summed E-state index contributed by atoms with van der Waals surface area (Å²) in [6.07, 6.45) is 5.57. The van der Waals surface area contributed by atoms with Gasteiger partial charge in [0.15, 0.2) is 5.75 Å². The van der Waals surface area contributed by atoms with E-state index in [2.05, 4.69) is 18.7 Å². The fourth-order valence-corrected chi connectivity index (χ4v) is 5.07. The zero-order chi connectivity index (χ0) is 26.5. The highest BCUT2D eigenvalue weighted by atomic mass is 16.6. The normalized spacial score (nSPS) is 13.2. The van der Waals surface area contributed by atoms with Crippen LogP contribution in [0.25, 0.3) is 5.52 Å². The van der Waals surface area contributed by atoms with Gasteiger partial charge >= 0.3 is 11.9 Å². The first-order valence-electron chi connectivity index (χ1n) is 13.3. The first kappa shape index (κ1) is 26.6. The largest absolute Gasteiger partial charge is 0.424 e. The van der Waals surface area contributed by atoms with E-state index in [1.807, 2.05) is 38.1 Å². The van der Waals surface area contributed by atoms with Gasteiger partial charge in [0.2, 0.25) is 11.7 Å². The van der Waals surface area contributed by atoms with Gasteiger partial charge < -0.3 is 14.4 Å². The van der Waals surface area contributed by atoms with Gasteiger partial charge in [-0.3, -0.25) is 9.20 Å². The summed E-state index contributed by atoms with van der Waals surface area (Å²) in [5.74, 6) is -2.21. The number of carbonyl (C=O) groups excluding carboxylic acids is 3. The van der Waals surface area contributed by atoms with Crippen LogP contribution in [-0.2, 0) is 16.0 Å². The van der Waals surface area contributed by atoms with Crippen LogP contribution < -0.4 is 9.47 Å². The maximum absolute atomic E-state index is 13.8. The summed E-state index contributed by atoms with van der Waals surface area (Å²) in [6, 6.07) is 12.7. The molecule has 3 aromatic rings. The van der Waals surface area contributed by atoms with Crippen molar-refractivity contribution in [2.45, 2.75) is 65.7 Å². The van der Waals surface area contributed by atoms with Crippen molar-refractivity contribution in [1.82, 2.24) is 9.30 Å². The lowest BCUT2D eigenvalue weighted by molar-refractivity contribution is -0.156. The average molecular weight is 505 g/mol. The molecule has 0 aliphatic carbocycles. The van der Waals surface area contributed by atoms with Crippen molar-refractivity contribution >= 4 is 23.2 Å². The van der Waals surface area contributed by atoms with E-state index >= 15 is 0 Å². The number of hydrogen-bond donors (Lipinski definition) is 0. The molecule has 4 bridgehead atoms. The van der Waals surface area contributed by atoms with E-state index in [9.17, 15) is 14.4 Å². The Morgan fingerprint density at radius 1 is 0.892 bits per heavy atom. The molecule has 0 unspecified atom stereocenters. The van der Waals surface area contributed by atoms with Crippen LogP contribution in [0.2, 0.25) is 0 Å². The number of rotatable bonds is 12. The molecule has 0 radical (unpaired) electrons. The summed E-state index contributed by atoms with van der Waals surface area (Å²) in [5.41, 5.74) is 3.16. The molecule has 1 aromatic carbocycles. The summed E-state index contributed by atoms with van der Waals surface area (Å²) in [6.45, 7) is 11.7. The van der Waals surface area contributed by atoms with Crippen LogP contribution in [0.4, 0.5) is 0 Å². The molecule has 0 saturated heterocycles. The SMILES string of the molecule is CCCN(CCC)CCCCc1ccc(C(=O)c2c(C(C)C)c3c4cccc(n24)OC(=O)C(=O)O3)cc1. The standard InChI is InChI=1S/C30H36N2O5/c1-5-17-31(18-6-2)19-8-7-10-21-13-15-22(16-14-21)27(33)26-25(20(3)4)28-23-11-9-12-24(32(23)26)36-29(34)30(35)37-28/h9,11-16,20H,5-8,10,17-19H2,1-4H3. The van der Waals surface area contributed by atoms with E-state index < -0.39 is 11.9 Å². The molecule has 1 aliphatic rings. The fourth-order valence-electron chi connectivity index (χ4n) is 5.07. The van der Waals surface area contributed by atoms with E-state index in [0.29, 0.717) is 22.3 Å². The Labute approximate surface area is 218 Å². The van der Waals surface area contributed by atoms with Gasteiger partial charge in [0.05, 0.1) is 5.52 Å². The number of ketones is 1. The molecule has 0 amide bonds. The molecule has 3 heterocycles. The monoisotopic (exact) mass is 504 g/mol. The minimum Gasteiger partial charge on any atom is -0.415 e. The molecule has 0 saturated carbocycles. The first-order valence-corrected chi connectivity index (χ1v) is 13.3. The van der Waals surface area contributed by atoms with Crippen LogP contribution in [0, 0.1) is 0 Å².